The molecule has 8 heteroatoms. The number of piperazine rings is 1. The second-order valence-electron chi connectivity index (χ2n) is 6.43. The minimum atomic E-state index is -3.73. The first-order valence-corrected chi connectivity index (χ1v) is 10.2. The number of carbonyl (C=O) groups excluding carboxylic acids is 1. The zero-order chi connectivity index (χ0) is 19.4. The third-order valence-corrected chi connectivity index (χ3v) is 6.18. The van der Waals surface area contributed by atoms with E-state index >= 15 is 0 Å². The predicted octanol–water partition coefficient (Wildman–Crippen LogP) is 1.76. The Kier molecular flexibility index (Phi) is 5.76. The molecule has 0 unspecified atom stereocenters. The SMILES string of the molecule is Cc1ccccc1S(=O)(=O)NCC(=O)N1CCN(c2ccc(F)cc2)CC1. The van der Waals surface area contributed by atoms with E-state index in [2.05, 4.69) is 9.62 Å². The number of hydrogen-bond donors (Lipinski definition) is 1. The van der Waals surface area contributed by atoms with Crippen LogP contribution in [0, 0.1) is 12.7 Å². The number of nitrogens with one attached hydrogen (secondary N) is 1. The molecule has 1 aliphatic rings. The van der Waals surface area contributed by atoms with E-state index in [-0.39, 0.29) is 23.2 Å². The van der Waals surface area contributed by atoms with E-state index in [1.54, 1.807) is 42.2 Å². The van der Waals surface area contributed by atoms with Crippen LogP contribution in [0.2, 0.25) is 0 Å². The van der Waals surface area contributed by atoms with Crippen molar-refractivity contribution in [3.05, 3.63) is 59.9 Å². The smallest absolute Gasteiger partial charge is 0.241 e. The molecular weight excluding hydrogens is 369 g/mol. The monoisotopic (exact) mass is 391 g/mol. The Hall–Kier alpha value is -2.45. The van der Waals surface area contributed by atoms with Crippen molar-refractivity contribution in [2.24, 2.45) is 0 Å². The highest BCUT2D eigenvalue weighted by atomic mass is 32.2. The summed E-state index contributed by atoms with van der Waals surface area (Å²) < 4.78 is 40.2. The molecule has 0 bridgehead atoms. The summed E-state index contributed by atoms with van der Waals surface area (Å²) in [5, 5.41) is 0. The molecule has 6 nitrogen and oxygen atoms in total. The number of amides is 1. The number of nitrogens with zero attached hydrogens (tertiary/aromatic N) is 2. The Morgan fingerprint density at radius 1 is 1.04 bits per heavy atom. The summed E-state index contributed by atoms with van der Waals surface area (Å²) in [5.41, 5.74) is 1.54. The molecule has 2 aromatic carbocycles. The number of hydrogen-bond acceptors (Lipinski definition) is 4. The van der Waals surface area contributed by atoms with Gasteiger partial charge in [0, 0.05) is 31.9 Å². The lowest BCUT2D eigenvalue weighted by Crippen LogP contribution is -2.51. The summed E-state index contributed by atoms with van der Waals surface area (Å²) in [6.45, 7) is 3.65. The van der Waals surface area contributed by atoms with Crippen LogP contribution in [0.25, 0.3) is 0 Å². The van der Waals surface area contributed by atoms with Crippen LogP contribution in [0.15, 0.2) is 53.4 Å². The lowest BCUT2D eigenvalue weighted by Gasteiger charge is -2.36. The topological polar surface area (TPSA) is 69.7 Å². The van der Waals surface area contributed by atoms with Crippen LogP contribution < -0.4 is 9.62 Å². The van der Waals surface area contributed by atoms with Gasteiger partial charge in [0.2, 0.25) is 15.9 Å². The first-order chi connectivity index (χ1) is 12.9. The van der Waals surface area contributed by atoms with Crippen LogP contribution in [0.5, 0.6) is 0 Å². The van der Waals surface area contributed by atoms with Gasteiger partial charge in [-0.15, -0.1) is 0 Å². The van der Waals surface area contributed by atoms with E-state index < -0.39 is 10.0 Å². The van der Waals surface area contributed by atoms with Crippen LogP contribution >= 0.6 is 0 Å². The van der Waals surface area contributed by atoms with Crippen LogP contribution in [0.4, 0.5) is 10.1 Å². The Morgan fingerprint density at radius 2 is 1.67 bits per heavy atom. The van der Waals surface area contributed by atoms with Gasteiger partial charge in [0.25, 0.3) is 0 Å². The minimum absolute atomic E-state index is 0.180. The highest BCUT2D eigenvalue weighted by molar-refractivity contribution is 7.89. The third kappa shape index (κ3) is 4.64. The lowest BCUT2D eigenvalue weighted by molar-refractivity contribution is -0.130. The van der Waals surface area contributed by atoms with Crippen LogP contribution in [-0.4, -0.2) is 51.9 Å². The van der Waals surface area contributed by atoms with E-state index in [1.807, 2.05) is 0 Å². The highest BCUT2D eigenvalue weighted by Gasteiger charge is 2.23. The van der Waals surface area contributed by atoms with Gasteiger partial charge in [0.1, 0.15) is 5.82 Å². The van der Waals surface area contributed by atoms with Crippen molar-refractivity contribution in [1.82, 2.24) is 9.62 Å². The van der Waals surface area contributed by atoms with Crippen molar-refractivity contribution < 1.29 is 17.6 Å². The summed E-state index contributed by atoms with van der Waals surface area (Å²) in [6.07, 6.45) is 0. The van der Waals surface area contributed by atoms with Crippen molar-refractivity contribution in [2.45, 2.75) is 11.8 Å². The molecule has 0 aromatic heterocycles. The Balaban J connectivity index is 1.54. The zero-order valence-electron chi connectivity index (χ0n) is 15.1. The van der Waals surface area contributed by atoms with Crippen LogP contribution in [-0.2, 0) is 14.8 Å². The molecule has 1 fully saturated rings. The molecule has 0 atom stereocenters. The third-order valence-electron chi connectivity index (χ3n) is 4.62. The molecule has 27 heavy (non-hydrogen) atoms. The first kappa shape index (κ1) is 19.3. The molecule has 144 valence electrons. The molecule has 1 aliphatic heterocycles. The summed E-state index contributed by atoms with van der Waals surface area (Å²) in [4.78, 5) is 16.3. The van der Waals surface area contributed by atoms with E-state index in [9.17, 15) is 17.6 Å². The second kappa shape index (κ2) is 8.06. The Bertz CT molecular complexity index is 908. The van der Waals surface area contributed by atoms with Crippen molar-refractivity contribution in [1.29, 1.82) is 0 Å². The maximum absolute atomic E-state index is 13.0. The van der Waals surface area contributed by atoms with Crippen molar-refractivity contribution in [3.63, 3.8) is 0 Å². The molecule has 1 saturated heterocycles. The molecule has 3 rings (SSSR count). The van der Waals surface area contributed by atoms with E-state index in [4.69, 9.17) is 0 Å². The lowest BCUT2D eigenvalue weighted by atomic mass is 10.2. The largest absolute Gasteiger partial charge is 0.368 e. The van der Waals surface area contributed by atoms with Crippen molar-refractivity contribution in [2.75, 3.05) is 37.6 Å². The van der Waals surface area contributed by atoms with Gasteiger partial charge in [-0.2, -0.15) is 0 Å². The molecule has 1 amide bonds. The Morgan fingerprint density at radius 3 is 2.30 bits per heavy atom. The maximum Gasteiger partial charge on any atom is 0.241 e. The van der Waals surface area contributed by atoms with Gasteiger partial charge in [0.15, 0.2) is 0 Å². The van der Waals surface area contributed by atoms with E-state index in [0.717, 1.165) is 5.69 Å². The minimum Gasteiger partial charge on any atom is -0.368 e. The van der Waals surface area contributed by atoms with Crippen molar-refractivity contribution in [3.8, 4) is 0 Å². The summed E-state index contributed by atoms with van der Waals surface area (Å²) in [7, 11) is -3.73. The summed E-state index contributed by atoms with van der Waals surface area (Å²) in [6, 6.07) is 12.9. The molecule has 2 aromatic rings. The van der Waals surface area contributed by atoms with Crippen LogP contribution in [0.1, 0.15) is 5.56 Å². The van der Waals surface area contributed by atoms with Gasteiger partial charge < -0.3 is 9.80 Å². The van der Waals surface area contributed by atoms with Gasteiger partial charge >= 0.3 is 0 Å². The maximum atomic E-state index is 13.0. The number of rotatable bonds is 5. The summed E-state index contributed by atoms with van der Waals surface area (Å²) >= 11 is 0. The number of carbonyl (C=O) groups is 1. The Labute approximate surface area is 158 Å². The fraction of sp³-hybridized carbons (Fsp3) is 0.316. The van der Waals surface area contributed by atoms with Gasteiger partial charge in [-0.3, -0.25) is 4.79 Å². The average molecular weight is 391 g/mol. The van der Waals surface area contributed by atoms with E-state index in [1.165, 1.54) is 18.2 Å². The predicted molar refractivity (Wildman–Crippen MR) is 102 cm³/mol. The van der Waals surface area contributed by atoms with E-state index in [0.29, 0.717) is 31.7 Å². The molecule has 0 radical (unpaired) electrons. The number of benzene rings is 2. The van der Waals surface area contributed by atoms with Gasteiger partial charge in [-0.25, -0.2) is 17.5 Å². The summed E-state index contributed by atoms with van der Waals surface area (Å²) in [5.74, 6) is -0.542. The quantitative estimate of drug-likeness (QED) is 0.843. The first-order valence-electron chi connectivity index (χ1n) is 8.70. The normalized spacial score (nSPS) is 15.0. The molecule has 0 saturated carbocycles. The van der Waals surface area contributed by atoms with Gasteiger partial charge in [0.05, 0.1) is 11.4 Å². The molecule has 0 spiro atoms. The average Bonchev–Trinajstić information content (AvgIpc) is 2.67. The fourth-order valence-electron chi connectivity index (χ4n) is 3.07. The van der Waals surface area contributed by atoms with Crippen molar-refractivity contribution >= 4 is 21.6 Å². The number of sulfonamides is 1. The van der Waals surface area contributed by atoms with Crippen LogP contribution in [0.3, 0.4) is 0 Å². The van der Waals surface area contributed by atoms with Gasteiger partial charge in [-0.1, -0.05) is 18.2 Å². The number of halogens is 1. The fourth-order valence-corrected chi connectivity index (χ4v) is 4.29. The molecule has 1 N–H and O–H groups in total. The zero-order valence-corrected chi connectivity index (χ0v) is 15.9. The standard InChI is InChI=1S/C19H22FN3O3S/c1-15-4-2-3-5-18(15)27(25,26)21-14-19(24)23-12-10-22(11-13-23)17-8-6-16(20)7-9-17/h2-9,21H,10-14H2,1H3. The second-order valence-corrected chi connectivity index (χ2v) is 8.17. The molecular formula is C19H22FN3O3S. The molecule has 0 aliphatic carbocycles. The van der Waals surface area contributed by atoms with Gasteiger partial charge in [-0.05, 0) is 42.8 Å². The molecule has 1 heterocycles. The number of anilines is 1. The highest BCUT2D eigenvalue weighted by Crippen LogP contribution is 2.17. The number of aryl methyl sites for hydroxylation is 1.